The summed E-state index contributed by atoms with van der Waals surface area (Å²) in [5.74, 6) is 0. The van der Waals surface area contributed by atoms with Gasteiger partial charge in [0.05, 0.1) is 13.8 Å². The highest BCUT2D eigenvalue weighted by molar-refractivity contribution is 9.11. The second kappa shape index (κ2) is 6.59. The van der Waals surface area contributed by atoms with Crippen LogP contribution in [0.25, 0.3) is 0 Å². The first-order valence-electron chi connectivity index (χ1n) is 7.03. The second-order valence-electron chi connectivity index (χ2n) is 5.44. The van der Waals surface area contributed by atoms with Crippen LogP contribution in [0.15, 0.2) is 28.1 Å². The van der Waals surface area contributed by atoms with Crippen molar-refractivity contribution < 1.29 is 0 Å². The van der Waals surface area contributed by atoms with Gasteiger partial charge in [0.2, 0.25) is 0 Å². The Balaban J connectivity index is 1.79. The topological polar surface area (TPSA) is 12.0 Å². The number of fused-ring (bicyclic) bond motifs is 1. The van der Waals surface area contributed by atoms with E-state index in [4.69, 9.17) is 23.2 Å². The van der Waals surface area contributed by atoms with Gasteiger partial charge in [-0.25, -0.2) is 0 Å². The molecule has 2 aromatic rings. The SMILES string of the molecule is CC(NC1CCCc2sc(Br)cc21)c1ccc(Cl)c(Cl)c1. The first kappa shape index (κ1) is 15.8. The van der Waals surface area contributed by atoms with E-state index in [1.807, 2.05) is 29.5 Å². The van der Waals surface area contributed by atoms with Crippen molar-refractivity contribution in [3.05, 3.63) is 54.1 Å². The van der Waals surface area contributed by atoms with Gasteiger partial charge in [0.15, 0.2) is 0 Å². The number of halogens is 3. The molecule has 1 nitrogen and oxygen atoms in total. The molecule has 0 bridgehead atoms. The van der Waals surface area contributed by atoms with Crippen LogP contribution in [-0.4, -0.2) is 0 Å². The Kier molecular flexibility index (Phi) is 4.97. The van der Waals surface area contributed by atoms with E-state index in [0.29, 0.717) is 16.1 Å². The quantitative estimate of drug-likeness (QED) is 0.611. The summed E-state index contributed by atoms with van der Waals surface area (Å²) in [4.78, 5) is 1.51. The highest BCUT2D eigenvalue weighted by Crippen LogP contribution is 2.39. The lowest BCUT2D eigenvalue weighted by Gasteiger charge is -2.27. The van der Waals surface area contributed by atoms with Crippen LogP contribution in [0, 0.1) is 0 Å². The third-order valence-electron chi connectivity index (χ3n) is 3.98. The molecule has 0 fully saturated rings. The average molecular weight is 405 g/mol. The molecule has 0 aliphatic heterocycles. The third-order valence-corrected chi connectivity index (χ3v) is 6.43. The van der Waals surface area contributed by atoms with Crippen molar-refractivity contribution in [3.8, 4) is 0 Å². The molecule has 5 heteroatoms. The van der Waals surface area contributed by atoms with E-state index < -0.39 is 0 Å². The summed E-state index contributed by atoms with van der Waals surface area (Å²) in [5.41, 5.74) is 2.62. The number of rotatable bonds is 3. The molecule has 0 radical (unpaired) electrons. The zero-order chi connectivity index (χ0) is 15.0. The fourth-order valence-corrected chi connectivity index (χ4v) is 5.00. The van der Waals surface area contributed by atoms with Crippen molar-refractivity contribution in [1.82, 2.24) is 5.32 Å². The first-order chi connectivity index (χ1) is 10.0. The molecule has 0 amide bonds. The van der Waals surface area contributed by atoms with Crippen LogP contribution >= 0.6 is 50.5 Å². The van der Waals surface area contributed by atoms with E-state index >= 15 is 0 Å². The lowest BCUT2D eigenvalue weighted by Crippen LogP contribution is -2.27. The highest BCUT2D eigenvalue weighted by Gasteiger charge is 2.24. The zero-order valence-electron chi connectivity index (χ0n) is 11.6. The Labute approximate surface area is 147 Å². The fraction of sp³-hybridized carbons (Fsp3) is 0.375. The maximum atomic E-state index is 6.12. The summed E-state index contributed by atoms with van der Waals surface area (Å²) in [6.45, 7) is 2.18. The van der Waals surface area contributed by atoms with E-state index in [1.54, 1.807) is 0 Å². The van der Waals surface area contributed by atoms with E-state index in [1.165, 1.54) is 39.1 Å². The van der Waals surface area contributed by atoms with Crippen LogP contribution in [0.2, 0.25) is 10.0 Å². The average Bonchev–Trinajstić information content (AvgIpc) is 2.83. The fourth-order valence-electron chi connectivity index (χ4n) is 2.87. The molecule has 0 spiro atoms. The maximum absolute atomic E-state index is 6.12. The summed E-state index contributed by atoms with van der Waals surface area (Å²) in [5, 5.41) is 4.96. The van der Waals surface area contributed by atoms with Crippen molar-refractivity contribution >= 4 is 50.5 Å². The monoisotopic (exact) mass is 403 g/mol. The minimum Gasteiger partial charge on any atom is -0.303 e. The second-order valence-corrected chi connectivity index (χ2v) is 8.77. The molecule has 3 rings (SSSR count). The Morgan fingerprint density at radius 2 is 2.10 bits per heavy atom. The molecular weight excluding hydrogens is 389 g/mol. The van der Waals surface area contributed by atoms with E-state index in [-0.39, 0.29) is 6.04 Å². The molecule has 2 atom stereocenters. The van der Waals surface area contributed by atoms with Crippen molar-refractivity contribution in [2.45, 2.75) is 38.3 Å². The lowest BCUT2D eigenvalue weighted by molar-refractivity contribution is 0.418. The van der Waals surface area contributed by atoms with Gasteiger partial charge in [-0.05, 0) is 71.4 Å². The van der Waals surface area contributed by atoms with Gasteiger partial charge in [-0.1, -0.05) is 29.3 Å². The number of hydrogen-bond donors (Lipinski definition) is 1. The number of thiophene rings is 1. The number of nitrogens with one attached hydrogen (secondary N) is 1. The van der Waals surface area contributed by atoms with Gasteiger partial charge in [0.1, 0.15) is 0 Å². The number of benzene rings is 1. The van der Waals surface area contributed by atoms with Crippen molar-refractivity contribution in [3.63, 3.8) is 0 Å². The Morgan fingerprint density at radius 3 is 2.86 bits per heavy atom. The molecule has 1 N–H and O–H groups in total. The Bertz CT molecular complexity index is 656. The minimum atomic E-state index is 0.245. The molecule has 1 aromatic heterocycles. The molecule has 1 aromatic carbocycles. The van der Waals surface area contributed by atoms with Gasteiger partial charge >= 0.3 is 0 Å². The minimum absolute atomic E-state index is 0.245. The highest BCUT2D eigenvalue weighted by atomic mass is 79.9. The molecule has 0 saturated carbocycles. The van der Waals surface area contributed by atoms with E-state index in [9.17, 15) is 0 Å². The summed E-state index contributed by atoms with van der Waals surface area (Å²) in [6, 6.07) is 8.78. The number of hydrogen-bond acceptors (Lipinski definition) is 2. The lowest BCUT2D eigenvalue weighted by atomic mass is 9.93. The predicted molar refractivity (Wildman–Crippen MR) is 95.7 cm³/mol. The zero-order valence-corrected chi connectivity index (χ0v) is 15.5. The Hall–Kier alpha value is -0.0600. The third kappa shape index (κ3) is 3.48. The maximum Gasteiger partial charge on any atom is 0.0704 e. The van der Waals surface area contributed by atoms with Gasteiger partial charge in [-0.2, -0.15) is 0 Å². The first-order valence-corrected chi connectivity index (χ1v) is 9.40. The van der Waals surface area contributed by atoms with Crippen molar-refractivity contribution in [2.24, 2.45) is 0 Å². The molecule has 112 valence electrons. The summed E-state index contributed by atoms with van der Waals surface area (Å²) in [6.07, 6.45) is 3.62. The van der Waals surface area contributed by atoms with Gasteiger partial charge in [-0.3, -0.25) is 0 Å². The summed E-state index contributed by atoms with van der Waals surface area (Å²) in [7, 11) is 0. The summed E-state index contributed by atoms with van der Waals surface area (Å²) < 4.78 is 1.23. The Morgan fingerprint density at radius 1 is 1.29 bits per heavy atom. The van der Waals surface area contributed by atoms with Crippen LogP contribution in [0.5, 0.6) is 0 Å². The molecule has 1 heterocycles. The van der Waals surface area contributed by atoms with Crippen LogP contribution in [0.4, 0.5) is 0 Å². The van der Waals surface area contributed by atoms with Crippen LogP contribution in [0.1, 0.15) is 47.9 Å². The molecule has 2 unspecified atom stereocenters. The molecular formula is C16H16BrCl2NS. The molecule has 0 saturated heterocycles. The van der Waals surface area contributed by atoms with Crippen molar-refractivity contribution in [1.29, 1.82) is 0 Å². The van der Waals surface area contributed by atoms with Gasteiger partial charge in [0.25, 0.3) is 0 Å². The van der Waals surface area contributed by atoms with E-state index in [2.05, 4.69) is 34.2 Å². The molecule has 1 aliphatic rings. The predicted octanol–water partition coefficient (Wildman–Crippen LogP) is 6.55. The van der Waals surface area contributed by atoms with Gasteiger partial charge in [-0.15, -0.1) is 11.3 Å². The van der Waals surface area contributed by atoms with Crippen molar-refractivity contribution in [2.75, 3.05) is 0 Å². The molecule has 1 aliphatic carbocycles. The van der Waals surface area contributed by atoms with Crippen LogP contribution in [-0.2, 0) is 6.42 Å². The van der Waals surface area contributed by atoms with Gasteiger partial charge in [0, 0.05) is 17.0 Å². The largest absolute Gasteiger partial charge is 0.303 e. The van der Waals surface area contributed by atoms with Crippen LogP contribution < -0.4 is 5.32 Å². The van der Waals surface area contributed by atoms with Gasteiger partial charge < -0.3 is 5.32 Å². The van der Waals surface area contributed by atoms with Crippen LogP contribution in [0.3, 0.4) is 0 Å². The number of aryl methyl sites for hydroxylation is 1. The molecule has 21 heavy (non-hydrogen) atoms. The normalized spacial score (nSPS) is 19.3. The summed E-state index contributed by atoms with van der Waals surface area (Å²) >= 11 is 17.6. The smallest absolute Gasteiger partial charge is 0.0704 e. The standard InChI is InChI=1S/C16H16BrCl2NS/c1-9(10-5-6-12(18)13(19)7-10)20-14-3-2-4-15-11(14)8-16(17)21-15/h5-9,14,20H,2-4H2,1H3. The van der Waals surface area contributed by atoms with E-state index in [0.717, 1.165) is 0 Å².